The predicted molar refractivity (Wildman–Crippen MR) is 67.3 cm³/mol. The summed E-state index contributed by atoms with van der Waals surface area (Å²) in [6.45, 7) is 4.79. The molecule has 0 spiro atoms. The lowest BCUT2D eigenvalue weighted by Gasteiger charge is -2.20. The van der Waals surface area contributed by atoms with Gasteiger partial charge in [-0.2, -0.15) is 0 Å². The van der Waals surface area contributed by atoms with Gasteiger partial charge in [-0.3, -0.25) is 0 Å². The maximum Gasteiger partial charge on any atom is 0.119 e. The number of methoxy groups -OCH3 is 1. The summed E-state index contributed by atoms with van der Waals surface area (Å²) in [5.41, 5.74) is 0.867. The van der Waals surface area contributed by atoms with Crippen molar-refractivity contribution < 1.29 is 14.9 Å². The quantitative estimate of drug-likeness (QED) is 0.712. The molecule has 0 saturated carbocycles. The van der Waals surface area contributed by atoms with Gasteiger partial charge >= 0.3 is 0 Å². The molecule has 0 bridgehead atoms. The van der Waals surface area contributed by atoms with E-state index in [1.54, 1.807) is 19.2 Å². The number of aromatic hydroxyl groups is 2. The van der Waals surface area contributed by atoms with Gasteiger partial charge in [0.1, 0.15) is 11.5 Å². The molecule has 0 saturated heterocycles. The van der Waals surface area contributed by atoms with Crippen LogP contribution in [0.25, 0.3) is 0 Å². The second-order valence-corrected chi connectivity index (χ2v) is 4.35. The molecule has 4 nitrogen and oxygen atoms in total. The van der Waals surface area contributed by atoms with Crippen molar-refractivity contribution in [3.05, 3.63) is 23.8 Å². The first kappa shape index (κ1) is 13.8. The largest absolute Gasteiger partial charge is 0.508 e. The van der Waals surface area contributed by atoms with E-state index in [0.717, 1.165) is 12.0 Å². The third kappa shape index (κ3) is 4.63. The van der Waals surface area contributed by atoms with Crippen molar-refractivity contribution in [1.29, 1.82) is 0 Å². The van der Waals surface area contributed by atoms with E-state index >= 15 is 0 Å². The van der Waals surface area contributed by atoms with Gasteiger partial charge in [-0.25, -0.2) is 0 Å². The lowest BCUT2D eigenvalue weighted by Crippen LogP contribution is -2.29. The van der Waals surface area contributed by atoms with Crippen LogP contribution in [0, 0.1) is 0 Å². The SMILES string of the molecule is COCCC(C)NC(C)c1cc(O)cc(O)c1. The topological polar surface area (TPSA) is 61.7 Å². The molecule has 0 aliphatic heterocycles. The van der Waals surface area contributed by atoms with Gasteiger partial charge in [0.05, 0.1) is 0 Å². The Balaban J connectivity index is 2.59. The Morgan fingerprint density at radius 1 is 1.18 bits per heavy atom. The molecule has 1 rings (SSSR count). The van der Waals surface area contributed by atoms with E-state index < -0.39 is 0 Å². The third-order valence-corrected chi connectivity index (χ3v) is 2.71. The number of rotatable bonds is 6. The molecule has 0 aromatic heterocycles. The Labute approximate surface area is 102 Å². The predicted octanol–water partition coefficient (Wildman–Crippen LogP) is 2.17. The van der Waals surface area contributed by atoms with Crippen molar-refractivity contribution in [1.82, 2.24) is 5.32 Å². The van der Waals surface area contributed by atoms with Crippen molar-refractivity contribution in [3.8, 4) is 11.5 Å². The first-order chi connectivity index (χ1) is 8.02. The second kappa shape index (κ2) is 6.47. The van der Waals surface area contributed by atoms with Gasteiger partial charge in [-0.05, 0) is 38.0 Å². The number of ether oxygens (including phenoxy) is 1. The van der Waals surface area contributed by atoms with Crippen molar-refractivity contribution in [2.75, 3.05) is 13.7 Å². The Kier molecular flexibility index (Phi) is 5.25. The number of phenols is 2. The van der Waals surface area contributed by atoms with Crippen LogP contribution in [0.4, 0.5) is 0 Å². The minimum Gasteiger partial charge on any atom is -0.508 e. The summed E-state index contributed by atoms with van der Waals surface area (Å²) < 4.78 is 5.02. The zero-order valence-electron chi connectivity index (χ0n) is 10.6. The summed E-state index contributed by atoms with van der Waals surface area (Å²) in [6, 6.07) is 5.01. The fraction of sp³-hybridized carbons (Fsp3) is 0.538. The van der Waals surface area contributed by atoms with Crippen molar-refractivity contribution in [3.63, 3.8) is 0 Å². The van der Waals surface area contributed by atoms with E-state index in [4.69, 9.17) is 4.74 Å². The second-order valence-electron chi connectivity index (χ2n) is 4.35. The minimum absolute atomic E-state index is 0.0693. The molecular formula is C13H21NO3. The lowest BCUT2D eigenvalue weighted by molar-refractivity contribution is 0.183. The normalized spacial score (nSPS) is 14.5. The van der Waals surface area contributed by atoms with E-state index in [-0.39, 0.29) is 17.5 Å². The van der Waals surface area contributed by atoms with E-state index in [1.165, 1.54) is 6.07 Å². The van der Waals surface area contributed by atoms with Gasteiger partial charge in [0.15, 0.2) is 0 Å². The zero-order valence-corrected chi connectivity index (χ0v) is 10.6. The number of nitrogens with one attached hydrogen (secondary N) is 1. The molecule has 2 unspecified atom stereocenters. The third-order valence-electron chi connectivity index (χ3n) is 2.71. The van der Waals surface area contributed by atoms with E-state index in [1.807, 2.05) is 6.92 Å². The number of phenolic OH excluding ortho intramolecular Hbond substituents is 2. The molecule has 3 N–H and O–H groups in total. The molecule has 0 radical (unpaired) electrons. The summed E-state index contributed by atoms with van der Waals surface area (Å²) in [6.07, 6.45) is 0.922. The first-order valence-corrected chi connectivity index (χ1v) is 5.81. The standard InChI is InChI=1S/C13H21NO3/c1-9(4-5-17-3)14-10(2)11-6-12(15)8-13(16)7-11/h6-10,14-16H,4-5H2,1-3H3. The van der Waals surface area contributed by atoms with Crippen LogP contribution in [0.3, 0.4) is 0 Å². The molecule has 0 amide bonds. The Morgan fingerprint density at radius 2 is 1.76 bits per heavy atom. The molecule has 0 aliphatic rings. The summed E-state index contributed by atoms with van der Waals surface area (Å²) in [5, 5.41) is 22.2. The molecule has 96 valence electrons. The molecule has 0 aliphatic carbocycles. The maximum atomic E-state index is 9.41. The highest BCUT2D eigenvalue weighted by molar-refractivity contribution is 5.37. The molecule has 17 heavy (non-hydrogen) atoms. The van der Waals surface area contributed by atoms with Crippen molar-refractivity contribution in [2.45, 2.75) is 32.4 Å². The van der Waals surface area contributed by atoms with Crippen LogP contribution in [0.5, 0.6) is 11.5 Å². The van der Waals surface area contributed by atoms with Gasteiger partial charge in [0.2, 0.25) is 0 Å². The molecule has 1 aromatic rings. The van der Waals surface area contributed by atoms with Crippen LogP contribution in [-0.2, 0) is 4.74 Å². The van der Waals surface area contributed by atoms with Crippen molar-refractivity contribution >= 4 is 0 Å². The van der Waals surface area contributed by atoms with E-state index in [9.17, 15) is 10.2 Å². The van der Waals surface area contributed by atoms with E-state index in [0.29, 0.717) is 12.6 Å². The summed E-state index contributed by atoms with van der Waals surface area (Å²) in [5.74, 6) is 0.163. The highest BCUT2D eigenvalue weighted by Gasteiger charge is 2.11. The smallest absolute Gasteiger partial charge is 0.119 e. The summed E-state index contributed by atoms with van der Waals surface area (Å²) in [7, 11) is 1.68. The van der Waals surface area contributed by atoms with Crippen LogP contribution in [-0.4, -0.2) is 30.0 Å². The molecule has 1 aromatic carbocycles. The zero-order chi connectivity index (χ0) is 12.8. The Bertz CT molecular complexity index is 334. The summed E-state index contributed by atoms with van der Waals surface area (Å²) >= 11 is 0. The van der Waals surface area contributed by atoms with Gasteiger partial charge in [0.25, 0.3) is 0 Å². The number of benzene rings is 1. The van der Waals surface area contributed by atoms with Crippen LogP contribution in [0.1, 0.15) is 31.9 Å². The summed E-state index contributed by atoms with van der Waals surface area (Å²) in [4.78, 5) is 0. The lowest BCUT2D eigenvalue weighted by atomic mass is 10.1. The molecule has 4 heteroatoms. The molecule has 0 fully saturated rings. The Morgan fingerprint density at radius 3 is 2.29 bits per heavy atom. The highest BCUT2D eigenvalue weighted by atomic mass is 16.5. The minimum atomic E-state index is 0.0693. The highest BCUT2D eigenvalue weighted by Crippen LogP contribution is 2.25. The number of hydrogen-bond acceptors (Lipinski definition) is 4. The van der Waals surface area contributed by atoms with Gasteiger partial charge in [-0.1, -0.05) is 0 Å². The monoisotopic (exact) mass is 239 g/mol. The van der Waals surface area contributed by atoms with Gasteiger partial charge in [0, 0.05) is 31.9 Å². The Hall–Kier alpha value is -1.26. The number of hydrogen-bond donors (Lipinski definition) is 3. The van der Waals surface area contributed by atoms with E-state index in [2.05, 4.69) is 12.2 Å². The average molecular weight is 239 g/mol. The maximum absolute atomic E-state index is 9.41. The molecule has 2 atom stereocenters. The first-order valence-electron chi connectivity index (χ1n) is 5.81. The van der Waals surface area contributed by atoms with Gasteiger partial charge in [-0.15, -0.1) is 0 Å². The molecular weight excluding hydrogens is 218 g/mol. The van der Waals surface area contributed by atoms with Crippen LogP contribution >= 0.6 is 0 Å². The average Bonchev–Trinajstić information content (AvgIpc) is 2.25. The van der Waals surface area contributed by atoms with Crippen LogP contribution in [0.2, 0.25) is 0 Å². The molecule has 0 heterocycles. The van der Waals surface area contributed by atoms with Crippen molar-refractivity contribution in [2.24, 2.45) is 0 Å². The van der Waals surface area contributed by atoms with Crippen LogP contribution in [0.15, 0.2) is 18.2 Å². The fourth-order valence-electron chi connectivity index (χ4n) is 1.77. The fourth-order valence-corrected chi connectivity index (χ4v) is 1.77. The van der Waals surface area contributed by atoms with Crippen LogP contribution < -0.4 is 5.32 Å². The van der Waals surface area contributed by atoms with Gasteiger partial charge < -0.3 is 20.3 Å².